The topological polar surface area (TPSA) is 17.1 Å². The van der Waals surface area contributed by atoms with Crippen LogP contribution in [0.1, 0.15) is 20.8 Å². The molecular formula is C12H16OS. The Morgan fingerprint density at radius 1 is 1.14 bits per heavy atom. The first-order valence-corrected chi connectivity index (χ1v) is 5.74. The number of Topliss-reactive ketones (excluding diaryl/α,β-unsaturated/α-hetero) is 1. The van der Waals surface area contributed by atoms with E-state index in [-0.39, 0.29) is 11.2 Å². The predicted octanol–water partition coefficient (Wildman–Crippen LogP) is 3.39. The van der Waals surface area contributed by atoms with Gasteiger partial charge >= 0.3 is 0 Å². The molecule has 0 aliphatic carbocycles. The van der Waals surface area contributed by atoms with Gasteiger partial charge in [0.1, 0.15) is 5.78 Å². The lowest BCUT2D eigenvalue weighted by Gasteiger charge is -2.12. The third-order valence-corrected chi connectivity index (χ3v) is 3.16. The second-order valence-corrected chi connectivity index (χ2v) is 5.04. The highest BCUT2D eigenvalue weighted by atomic mass is 32.2. The summed E-state index contributed by atoms with van der Waals surface area (Å²) < 4.78 is 0. The largest absolute Gasteiger partial charge is 0.298 e. The van der Waals surface area contributed by atoms with Gasteiger partial charge in [0.25, 0.3) is 0 Å². The average Bonchev–Trinajstić information content (AvgIpc) is 2.18. The van der Waals surface area contributed by atoms with Crippen molar-refractivity contribution in [1.29, 1.82) is 0 Å². The van der Waals surface area contributed by atoms with Gasteiger partial charge < -0.3 is 0 Å². The standard InChI is InChI=1S/C12H16OS/c1-9(2)12(13)10(3)14-11-7-5-4-6-8-11/h4-10H,1-3H3. The summed E-state index contributed by atoms with van der Waals surface area (Å²) in [5.41, 5.74) is 0. The van der Waals surface area contributed by atoms with Crippen LogP contribution in [0.2, 0.25) is 0 Å². The molecule has 1 aromatic rings. The number of ketones is 1. The van der Waals surface area contributed by atoms with Crippen molar-refractivity contribution in [2.45, 2.75) is 30.9 Å². The first kappa shape index (κ1) is 11.3. The number of hydrogen-bond acceptors (Lipinski definition) is 2. The van der Waals surface area contributed by atoms with Crippen LogP contribution in [-0.2, 0) is 4.79 Å². The summed E-state index contributed by atoms with van der Waals surface area (Å²) in [6.07, 6.45) is 0. The molecule has 76 valence electrons. The van der Waals surface area contributed by atoms with Gasteiger partial charge in [-0.3, -0.25) is 4.79 Å². The molecule has 0 N–H and O–H groups in total. The molecule has 0 aliphatic rings. The number of thioether (sulfide) groups is 1. The monoisotopic (exact) mass is 208 g/mol. The highest BCUT2D eigenvalue weighted by molar-refractivity contribution is 8.00. The Labute approximate surface area is 89.9 Å². The highest BCUT2D eigenvalue weighted by Crippen LogP contribution is 2.24. The molecule has 14 heavy (non-hydrogen) atoms. The molecule has 0 aromatic heterocycles. The summed E-state index contributed by atoms with van der Waals surface area (Å²) in [5.74, 6) is 0.445. The van der Waals surface area contributed by atoms with Gasteiger partial charge in [-0.2, -0.15) is 0 Å². The van der Waals surface area contributed by atoms with Crippen LogP contribution >= 0.6 is 11.8 Å². The van der Waals surface area contributed by atoms with E-state index in [0.29, 0.717) is 5.78 Å². The van der Waals surface area contributed by atoms with Crippen molar-refractivity contribution >= 4 is 17.5 Å². The van der Waals surface area contributed by atoms with Crippen molar-refractivity contribution in [2.75, 3.05) is 0 Å². The Bertz CT molecular complexity index is 292. The Morgan fingerprint density at radius 3 is 2.21 bits per heavy atom. The number of carbonyl (C=O) groups is 1. The van der Waals surface area contributed by atoms with Crippen LogP contribution < -0.4 is 0 Å². The summed E-state index contributed by atoms with van der Waals surface area (Å²) in [6, 6.07) is 10.0. The molecule has 0 spiro atoms. The Morgan fingerprint density at radius 2 is 1.71 bits per heavy atom. The minimum Gasteiger partial charge on any atom is -0.298 e. The summed E-state index contributed by atoms with van der Waals surface area (Å²) >= 11 is 1.63. The Balaban J connectivity index is 2.57. The Hall–Kier alpha value is -0.760. The molecule has 1 aromatic carbocycles. The molecule has 0 amide bonds. The summed E-state index contributed by atoms with van der Waals surface area (Å²) in [6.45, 7) is 5.87. The highest BCUT2D eigenvalue weighted by Gasteiger charge is 2.16. The van der Waals surface area contributed by atoms with Crippen LogP contribution in [0.3, 0.4) is 0 Å². The van der Waals surface area contributed by atoms with Gasteiger partial charge in [-0.1, -0.05) is 32.0 Å². The maximum Gasteiger partial charge on any atom is 0.148 e. The minimum atomic E-state index is 0.0531. The minimum absolute atomic E-state index is 0.0531. The van der Waals surface area contributed by atoms with Crippen molar-refractivity contribution < 1.29 is 4.79 Å². The second kappa shape index (κ2) is 5.20. The van der Waals surface area contributed by atoms with E-state index < -0.39 is 0 Å². The molecule has 0 saturated carbocycles. The SMILES string of the molecule is CC(C)C(=O)C(C)Sc1ccccc1. The van der Waals surface area contributed by atoms with Gasteiger partial charge in [-0.05, 0) is 19.1 Å². The molecule has 1 rings (SSSR count). The fourth-order valence-corrected chi connectivity index (χ4v) is 2.34. The van der Waals surface area contributed by atoms with Crippen molar-refractivity contribution in [2.24, 2.45) is 5.92 Å². The number of carbonyl (C=O) groups excluding carboxylic acids is 1. The van der Waals surface area contributed by atoms with Gasteiger partial charge in [0.05, 0.1) is 5.25 Å². The molecule has 2 heteroatoms. The van der Waals surface area contributed by atoms with Gasteiger partial charge in [0, 0.05) is 10.8 Å². The Kier molecular flexibility index (Phi) is 4.21. The molecule has 0 fully saturated rings. The molecule has 0 heterocycles. The normalized spacial score (nSPS) is 12.9. The maximum absolute atomic E-state index is 11.6. The van der Waals surface area contributed by atoms with Crippen molar-refractivity contribution in [1.82, 2.24) is 0 Å². The van der Waals surface area contributed by atoms with Gasteiger partial charge in [-0.15, -0.1) is 11.8 Å². The molecule has 1 nitrogen and oxygen atoms in total. The van der Waals surface area contributed by atoms with Gasteiger partial charge in [0.15, 0.2) is 0 Å². The van der Waals surface area contributed by atoms with Crippen LogP contribution in [-0.4, -0.2) is 11.0 Å². The maximum atomic E-state index is 11.6. The lowest BCUT2D eigenvalue weighted by molar-refractivity contribution is -0.121. The molecule has 0 saturated heterocycles. The lowest BCUT2D eigenvalue weighted by Crippen LogP contribution is -2.18. The lowest BCUT2D eigenvalue weighted by atomic mass is 10.1. The van der Waals surface area contributed by atoms with Crippen LogP contribution in [0.5, 0.6) is 0 Å². The molecule has 1 atom stereocenters. The molecule has 1 unspecified atom stereocenters. The van der Waals surface area contributed by atoms with E-state index >= 15 is 0 Å². The molecule has 0 bridgehead atoms. The van der Waals surface area contributed by atoms with E-state index in [1.807, 2.05) is 51.1 Å². The molecule has 0 radical (unpaired) electrons. The van der Waals surface area contributed by atoms with E-state index in [4.69, 9.17) is 0 Å². The second-order valence-electron chi connectivity index (χ2n) is 3.63. The third-order valence-electron chi connectivity index (χ3n) is 2.03. The smallest absolute Gasteiger partial charge is 0.148 e. The van der Waals surface area contributed by atoms with E-state index in [0.717, 1.165) is 4.90 Å². The number of benzene rings is 1. The van der Waals surface area contributed by atoms with E-state index in [2.05, 4.69) is 0 Å². The van der Waals surface area contributed by atoms with E-state index in [9.17, 15) is 4.79 Å². The van der Waals surface area contributed by atoms with Crippen LogP contribution in [0.15, 0.2) is 35.2 Å². The van der Waals surface area contributed by atoms with Crippen molar-refractivity contribution in [3.63, 3.8) is 0 Å². The summed E-state index contributed by atoms with van der Waals surface area (Å²) in [4.78, 5) is 12.8. The fourth-order valence-electron chi connectivity index (χ4n) is 1.23. The van der Waals surface area contributed by atoms with Crippen LogP contribution in [0.4, 0.5) is 0 Å². The van der Waals surface area contributed by atoms with Gasteiger partial charge in [-0.25, -0.2) is 0 Å². The number of rotatable bonds is 4. The zero-order chi connectivity index (χ0) is 10.6. The molecule has 0 aliphatic heterocycles. The van der Waals surface area contributed by atoms with Gasteiger partial charge in [0.2, 0.25) is 0 Å². The third kappa shape index (κ3) is 3.18. The van der Waals surface area contributed by atoms with E-state index in [1.165, 1.54) is 0 Å². The van der Waals surface area contributed by atoms with E-state index in [1.54, 1.807) is 11.8 Å². The van der Waals surface area contributed by atoms with Crippen LogP contribution in [0, 0.1) is 5.92 Å². The summed E-state index contributed by atoms with van der Waals surface area (Å²) in [7, 11) is 0. The zero-order valence-corrected chi connectivity index (χ0v) is 9.67. The van der Waals surface area contributed by atoms with Crippen molar-refractivity contribution in [3.05, 3.63) is 30.3 Å². The molecular weight excluding hydrogens is 192 g/mol. The first-order valence-electron chi connectivity index (χ1n) is 4.86. The average molecular weight is 208 g/mol. The van der Waals surface area contributed by atoms with Crippen molar-refractivity contribution in [3.8, 4) is 0 Å². The zero-order valence-electron chi connectivity index (χ0n) is 8.86. The summed E-state index contributed by atoms with van der Waals surface area (Å²) in [5, 5.41) is 0.0531. The first-order chi connectivity index (χ1) is 6.61. The quantitative estimate of drug-likeness (QED) is 0.705. The van der Waals surface area contributed by atoms with Crippen LogP contribution in [0.25, 0.3) is 0 Å². The number of hydrogen-bond donors (Lipinski definition) is 0. The predicted molar refractivity (Wildman–Crippen MR) is 61.6 cm³/mol. The fraction of sp³-hybridized carbons (Fsp3) is 0.417.